The number of amides is 1. The molecule has 1 saturated heterocycles. The molecular formula is C23H32N4O2S. The van der Waals surface area contributed by atoms with Crippen LogP contribution in [0.5, 0.6) is 0 Å². The number of carbonyl (C=O) groups is 1. The molecule has 0 spiro atoms. The van der Waals surface area contributed by atoms with Crippen LogP contribution in [-0.4, -0.2) is 48.8 Å². The van der Waals surface area contributed by atoms with Crippen molar-refractivity contribution in [1.29, 1.82) is 0 Å². The lowest BCUT2D eigenvalue weighted by Crippen LogP contribution is -2.48. The van der Waals surface area contributed by atoms with E-state index in [0.717, 1.165) is 43.8 Å². The first-order valence-corrected chi connectivity index (χ1v) is 11.4. The van der Waals surface area contributed by atoms with E-state index in [1.165, 1.54) is 11.3 Å². The van der Waals surface area contributed by atoms with Crippen LogP contribution in [0.4, 0.5) is 5.69 Å². The number of thiophene rings is 1. The summed E-state index contributed by atoms with van der Waals surface area (Å²) in [7, 11) is 1.57. The number of carbonyl (C=O) groups excluding carboxylic acids is 1. The highest BCUT2D eigenvalue weighted by Crippen LogP contribution is 2.28. The fourth-order valence-corrected chi connectivity index (χ4v) is 4.81. The van der Waals surface area contributed by atoms with Gasteiger partial charge in [-0.2, -0.15) is 11.3 Å². The number of likely N-dealkylation sites (tertiary alicyclic amines) is 1. The van der Waals surface area contributed by atoms with E-state index in [1.54, 1.807) is 18.4 Å². The number of benzene rings is 1. The molecule has 0 radical (unpaired) electrons. The van der Waals surface area contributed by atoms with E-state index in [2.05, 4.69) is 63.0 Å². The van der Waals surface area contributed by atoms with Gasteiger partial charge in [-0.05, 0) is 66.8 Å². The zero-order chi connectivity index (χ0) is 21.5. The Bertz CT molecular complexity index is 827. The van der Waals surface area contributed by atoms with E-state index in [9.17, 15) is 4.79 Å². The second-order valence-corrected chi connectivity index (χ2v) is 8.73. The van der Waals surface area contributed by atoms with Gasteiger partial charge >= 0.3 is 0 Å². The van der Waals surface area contributed by atoms with Crippen LogP contribution in [0, 0.1) is 0 Å². The van der Waals surface area contributed by atoms with Crippen LogP contribution >= 0.6 is 11.3 Å². The first-order valence-electron chi connectivity index (χ1n) is 10.5. The maximum absolute atomic E-state index is 11.3. The maximum atomic E-state index is 11.3. The van der Waals surface area contributed by atoms with Crippen molar-refractivity contribution in [1.82, 2.24) is 4.90 Å². The topological polar surface area (TPSA) is 71.2 Å². The molecule has 0 unspecified atom stereocenters. The van der Waals surface area contributed by atoms with Gasteiger partial charge in [0.05, 0.1) is 5.71 Å². The molecule has 162 valence electrons. The Labute approximate surface area is 183 Å². The van der Waals surface area contributed by atoms with Crippen molar-refractivity contribution < 1.29 is 9.63 Å². The van der Waals surface area contributed by atoms with Crippen LogP contribution in [0.25, 0.3) is 0 Å². The first-order chi connectivity index (χ1) is 14.5. The number of primary amides is 1. The smallest absolute Gasteiger partial charge is 0.218 e. The molecule has 1 aromatic heterocycles. The standard InChI is InChI=1S/C23H32N4O2S/c1-17(14-23(24)28)26-11-8-22(9-12-26)27(15-19-10-13-30-16-19)21-6-4-20(5-7-21)18(2)25-29-3/h4-7,10,13,16-17,22H,8-9,11-12,14-15H2,1-3H3,(H2,24,28)/t17-/m1/s1. The van der Waals surface area contributed by atoms with Crippen LogP contribution in [0.1, 0.15) is 44.2 Å². The molecule has 1 aliphatic rings. The average molecular weight is 429 g/mol. The quantitative estimate of drug-likeness (QED) is 0.486. The molecule has 0 saturated carbocycles. The van der Waals surface area contributed by atoms with E-state index in [-0.39, 0.29) is 11.9 Å². The number of oxime groups is 1. The molecule has 1 amide bonds. The van der Waals surface area contributed by atoms with Crippen molar-refractivity contribution in [2.24, 2.45) is 10.9 Å². The summed E-state index contributed by atoms with van der Waals surface area (Å²) in [5.74, 6) is -0.226. The van der Waals surface area contributed by atoms with Gasteiger partial charge in [0, 0.05) is 43.8 Å². The zero-order valence-corrected chi connectivity index (χ0v) is 18.9. The number of piperidine rings is 1. The number of hydrogen-bond donors (Lipinski definition) is 1. The predicted octanol–water partition coefficient (Wildman–Crippen LogP) is 3.85. The summed E-state index contributed by atoms with van der Waals surface area (Å²) in [6.45, 7) is 6.91. The molecule has 3 rings (SSSR count). The number of nitrogens with zero attached hydrogens (tertiary/aromatic N) is 3. The normalized spacial score (nSPS) is 17.0. The van der Waals surface area contributed by atoms with Crippen LogP contribution in [-0.2, 0) is 16.2 Å². The van der Waals surface area contributed by atoms with Gasteiger partial charge in [0.15, 0.2) is 0 Å². The van der Waals surface area contributed by atoms with Crippen molar-refractivity contribution in [2.75, 3.05) is 25.1 Å². The summed E-state index contributed by atoms with van der Waals surface area (Å²) < 4.78 is 0. The molecule has 2 aromatic rings. The van der Waals surface area contributed by atoms with Gasteiger partial charge in [0.2, 0.25) is 5.91 Å². The maximum Gasteiger partial charge on any atom is 0.218 e. The van der Waals surface area contributed by atoms with Gasteiger partial charge < -0.3 is 15.5 Å². The average Bonchev–Trinajstić information content (AvgIpc) is 3.25. The molecule has 0 aliphatic carbocycles. The number of anilines is 1. The summed E-state index contributed by atoms with van der Waals surface area (Å²) in [4.78, 5) is 21.1. The Balaban J connectivity index is 1.74. The van der Waals surface area contributed by atoms with E-state index in [4.69, 9.17) is 10.6 Å². The number of rotatable bonds is 9. The second-order valence-electron chi connectivity index (χ2n) is 7.95. The molecule has 30 heavy (non-hydrogen) atoms. The van der Waals surface area contributed by atoms with E-state index < -0.39 is 0 Å². The van der Waals surface area contributed by atoms with Crippen LogP contribution in [0.15, 0.2) is 46.2 Å². The first kappa shape index (κ1) is 22.3. The SMILES string of the molecule is CON=C(C)c1ccc(N(Cc2ccsc2)C2CCN([C@H](C)CC(N)=O)CC2)cc1. The third kappa shape index (κ3) is 5.83. The fourth-order valence-electron chi connectivity index (χ4n) is 4.15. The second kappa shape index (κ2) is 10.6. The Morgan fingerprint density at radius 1 is 1.30 bits per heavy atom. The zero-order valence-electron chi connectivity index (χ0n) is 18.1. The Morgan fingerprint density at radius 2 is 2.00 bits per heavy atom. The van der Waals surface area contributed by atoms with Gasteiger partial charge in [0.1, 0.15) is 7.11 Å². The molecule has 1 atom stereocenters. The molecule has 1 aliphatic heterocycles. The summed E-state index contributed by atoms with van der Waals surface area (Å²) in [5.41, 5.74) is 9.88. The van der Waals surface area contributed by atoms with Crippen molar-refractivity contribution >= 4 is 28.6 Å². The molecule has 1 aromatic carbocycles. The molecule has 7 heteroatoms. The third-order valence-corrected chi connectivity index (χ3v) is 6.57. The third-order valence-electron chi connectivity index (χ3n) is 5.84. The lowest BCUT2D eigenvalue weighted by Gasteiger charge is -2.41. The predicted molar refractivity (Wildman–Crippen MR) is 124 cm³/mol. The molecule has 0 bridgehead atoms. The fraction of sp³-hybridized carbons (Fsp3) is 0.478. The number of hydrogen-bond acceptors (Lipinski definition) is 6. The van der Waals surface area contributed by atoms with E-state index >= 15 is 0 Å². The Hall–Kier alpha value is -2.38. The summed E-state index contributed by atoms with van der Waals surface area (Å²) in [5, 5.41) is 8.39. The largest absolute Gasteiger partial charge is 0.399 e. The lowest BCUT2D eigenvalue weighted by molar-refractivity contribution is -0.119. The van der Waals surface area contributed by atoms with Gasteiger partial charge in [-0.15, -0.1) is 0 Å². The van der Waals surface area contributed by atoms with Gasteiger partial charge in [-0.25, -0.2) is 0 Å². The molecule has 6 nitrogen and oxygen atoms in total. The monoisotopic (exact) mass is 428 g/mol. The van der Waals surface area contributed by atoms with Crippen LogP contribution in [0.3, 0.4) is 0 Å². The van der Waals surface area contributed by atoms with Gasteiger partial charge in [-0.3, -0.25) is 9.69 Å². The van der Waals surface area contributed by atoms with Crippen molar-refractivity contribution in [3.05, 3.63) is 52.2 Å². The van der Waals surface area contributed by atoms with Gasteiger partial charge in [0.25, 0.3) is 0 Å². The molecule has 2 heterocycles. The minimum absolute atomic E-state index is 0.205. The highest BCUT2D eigenvalue weighted by molar-refractivity contribution is 7.07. The summed E-state index contributed by atoms with van der Waals surface area (Å²) in [6, 6.07) is 11.4. The number of nitrogens with two attached hydrogens (primary N) is 1. The van der Waals surface area contributed by atoms with Crippen molar-refractivity contribution in [3.63, 3.8) is 0 Å². The highest BCUT2D eigenvalue weighted by Gasteiger charge is 2.27. The lowest BCUT2D eigenvalue weighted by atomic mass is 9.99. The van der Waals surface area contributed by atoms with Crippen molar-refractivity contribution in [2.45, 2.75) is 51.7 Å². The minimum Gasteiger partial charge on any atom is -0.399 e. The highest BCUT2D eigenvalue weighted by atomic mass is 32.1. The molecular weight excluding hydrogens is 396 g/mol. The van der Waals surface area contributed by atoms with Crippen LogP contribution < -0.4 is 10.6 Å². The summed E-state index contributed by atoms with van der Waals surface area (Å²) >= 11 is 1.74. The Morgan fingerprint density at radius 3 is 2.57 bits per heavy atom. The van der Waals surface area contributed by atoms with Gasteiger partial charge in [-0.1, -0.05) is 17.3 Å². The molecule has 2 N–H and O–H groups in total. The Kier molecular flexibility index (Phi) is 7.87. The van der Waals surface area contributed by atoms with E-state index in [1.807, 2.05) is 6.92 Å². The minimum atomic E-state index is -0.226. The van der Waals surface area contributed by atoms with Crippen LogP contribution in [0.2, 0.25) is 0 Å². The molecule has 1 fully saturated rings. The van der Waals surface area contributed by atoms with Crippen molar-refractivity contribution in [3.8, 4) is 0 Å². The van der Waals surface area contributed by atoms with E-state index in [0.29, 0.717) is 12.5 Å². The summed E-state index contributed by atoms with van der Waals surface area (Å²) in [6.07, 6.45) is 2.56.